The number of nitrogens with one attached hydrogen (secondary N) is 2. The lowest BCUT2D eigenvalue weighted by molar-refractivity contribution is 0.0940. The quantitative estimate of drug-likeness (QED) is 0.722. The van der Waals surface area contributed by atoms with Gasteiger partial charge in [0.15, 0.2) is 0 Å². The zero-order valence-electron chi connectivity index (χ0n) is 12.3. The molecule has 1 atom stereocenters. The van der Waals surface area contributed by atoms with Crippen LogP contribution in [0, 0.1) is 5.82 Å². The molecule has 0 spiro atoms. The fourth-order valence-corrected chi connectivity index (χ4v) is 2.66. The molecule has 0 fully saturated rings. The number of thioether (sulfide) groups is 1. The highest BCUT2D eigenvalue weighted by atomic mass is 32.2. The van der Waals surface area contributed by atoms with Gasteiger partial charge in [-0.15, -0.1) is 0 Å². The number of amides is 1. The first kappa shape index (κ1) is 16.8. The van der Waals surface area contributed by atoms with E-state index in [0.717, 1.165) is 17.9 Å². The molecule has 5 heteroatoms. The molecule has 1 unspecified atom stereocenters. The lowest BCUT2D eigenvalue weighted by atomic mass is 10.1. The highest BCUT2D eigenvalue weighted by Crippen LogP contribution is 2.20. The van der Waals surface area contributed by atoms with Crippen molar-refractivity contribution in [1.29, 1.82) is 0 Å². The van der Waals surface area contributed by atoms with Crippen LogP contribution in [0.2, 0.25) is 0 Å². The molecule has 0 aliphatic heterocycles. The van der Waals surface area contributed by atoms with Crippen LogP contribution >= 0.6 is 11.8 Å². The van der Waals surface area contributed by atoms with Gasteiger partial charge in [0.05, 0.1) is 11.3 Å². The molecule has 1 amide bonds. The van der Waals surface area contributed by atoms with E-state index in [-0.39, 0.29) is 17.6 Å². The third-order valence-electron chi connectivity index (χ3n) is 2.89. The SMILES string of the molecule is CCNc1c(F)cccc1C(=O)NC(C)CCSCC. The number of para-hydroxylation sites is 1. The molecule has 1 aromatic rings. The molecule has 0 aliphatic carbocycles. The number of hydrogen-bond acceptors (Lipinski definition) is 3. The van der Waals surface area contributed by atoms with Gasteiger partial charge < -0.3 is 10.6 Å². The summed E-state index contributed by atoms with van der Waals surface area (Å²) < 4.78 is 13.7. The van der Waals surface area contributed by atoms with Gasteiger partial charge in [-0.25, -0.2) is 4.39 Å². The van der Waals surface area contributed by atoms with Crippen molar-refractivity contribution in [2.75, 3.05) is 23.4 Å². The van der Waals surface area contributed by atoms with Crippen molar-refractivity contribution in [3.05, 3.63) is 29.6 Å². The number of benzene rings is 1. The maximum absolute atomic E-state index is 13.7. The first-order chi connectivity index (χ1) is 9.60. The summed E-state index contributed by atoms with van der Waals surface area (Å²) in [4.78, 5) is 12.2. The molecule has 0 aliphatic rings. The highest BCUT2D eigenvalue weighted by Gasteiger charge is 2.16. The van der Waals surface area contributed by atoms with Gasteiger partial charge in [0, 0.05) is 12.6 Å². The van der Waals surface area contributed by atoms with Gasteiger partial charge in [-0.3, -0.25) is 4.79 Å². The maximum atomic E-state index is 13.7. The molecule has 3 nitrogen and oxygen atoms in total. The zero-order valence-corrected chi connectivity index (χ0v) is 13.1. The van der Waals surface area contributed by atoms with E-state index < -0.39 is 5.82 Å². The number of anilines is 1. The van der Waals surface area contributed by atoms with Gasteiger partial charge in [0.25, 0.3) is 5.91 Å². The van der Waals surface area contributed by atoms with E-state index in [2.05, 4.69) is 17.6 Å². The number of rotatable bonds is 8. The van der Waals surface area contributed by atoms with Crippen molar-refractivity contribution < 1.29 is 9.18 Å². The van der Waals surface area contributed by atoms with E-state index in [0.29, 0.717) is 12.1 Å². The minimum absolute atomic E-state index is 0.0827. The van der Waals surface area contributed by atoms with Crippen LogP contribution in [-0.4, -0.2) is 30.0 Å². The fraction of sp³-hybridized carbons (Fsp3) is 0.533. The number of carbonyl (C=O) groups excluding carboxylic acids is 1. The van der Waals surface area contributed by atoms with Crippen molar-refractivity contribution in [2.24, 2.45) is 0 Å². The van der Waals surface area contributed by atoms with E-state index in [9.17, 15) is 9.18 Å². The second kappa shape index (κ2) is 8.84. The van der Waals surface area contributed by atoms with E-state index in [1.807, 2.05) is 25.6 Å². The van der Waals surface area contributed by atoms with Crippen LogP contribution in [0.5, 0.6) is 0 Å². The van der Waals surface area contributed by atoms with Crippen LogP contribution in [0.15, 0.2) is 18.2 Å². The lowest BCUT2D eigenvalue weighted by Crippen LogP contribution is -2.33. The average molecular weight is 298 g/mol. The third-order valence-corrected chi connectivity index (χ3v) is 3.82. The molecule has 0 saturated carbocycles. The summed E-state index contributed by atoms with van der Waals surface area (Å²) in [5.41, 5.74) is 0.643. The molecule has 20 heavy (non-hydrogen) atoms. The van der Waals surface area contributed by atoms with Gasteiger partial charge in [0.2, 0.25) is 0 Å². The Morgan fingerprint density at radius 1 is 1.40 bits per heavy atom. The van der Waals surface area contributed by atoms with Gasteiger partial charge in [0.1, 0.15) is 5.82 Å². The van der Waals surface area contributed by atoms with Crippen molar-refractivity contribution in [3.8, 4) is 0 Å². The van der Waals surface area contributed by atoms with E-state index in [4.69, 9.17) is 0 Å². The topological polar surface area (TPSA) is 41.1 Å². The summed E-state index contributed by atoms with van der Waals surface area (Å²) in [5, 5.41) is 5.83. The van der Waals surface area contributed by atoms with Gasteiger partial charge >= 0.3 is 0 Å². The van der Waals surface area contributed by atoms with Crippen molar-refractivity contribution in [3.63, 3.8) is 0 Å². The molecule has 1 rings (SSSR count). The molecule has 0 radical (unpaired) electrons. The van der Waals surface area contributed by atoms with Crippen molar-refractivity contribution in [2.45, 2.75) is 33.2 Å². The lowest BCUT2D eigenvalue weighted by Gasteiger charge is -2.16. The predicted octanol–water partition coefficient (Wildman–Crippen LogP) is 3.52. The summed E-state index contributed by atoms with van der Waals surface area (Å²) in [5.74, 6) is 1.47. The van der Waals surface area contributed by atoms with E-state index in [1.165, 1.54) is 6.07 Å². The Bertz CT molecular complexity index is 440. The van der Waals surface area contributed by atoms with Gasteiger partial charge in [-0.05, 0) is 43.9 Å². The second-order valence-corrected chi connectivity index (χ2v) is 5.95. The number of carbonyl (C=O) groups is 1. The summed E-state index contributed by atoms with van der Waals surface area (Å²) >= 11 is 1.85. The Hall–Kier alpha value is -1.23. The molecule has 1 aromatic carbocycles. The van der Waals surface area contributed by atoms with Crippen molar-refractivity contribution in [1.82, 2.24) is 5.32 Å². The average Bonchev–Trinajstić information content (AvgIpc) is 2.41. The molecular weight excluding hydrogens is 275 g/mol. The Kier molecular flexibility index (Phi) is 7.44. The van der Waals surface area contributed by atoms with Crippen LogP contribution in [0.4, 0.5) is 10.1 Å². The fourth-order valence-electron chi connectivity index (χ4n) is 1.85. The highest BCUT2D eigenvalue weighted by molar-refractivity contribution is 7.99. The van der Waals surface area contributed by atoms with E-state index in [1.54, 1.807) is 12.1 Å². The number of halogens is 1. The van der Waals surface area contributed by atoms with Crippen molar-refractivity contribution >= 4 is 23.4 Å². The second-order valence-electron chi connectivity index (χ2n) is 4.55. The van der Waals surface area contributed by atoms with E-state index >= 15 is 0 Å². The first-order valence-electron chi connectivity index (χ1n) is 7.01. The largest absolute Gasteiger partial charge is 0.382 e. The van der Waals surface area contributed by atoms with Crippen LogP contribution in [0.25, 0.3) is 0 Å². The van der Waals surface area contributed by atoms with Crippen LogP contribution in [-0.2, 0) is 0 Å². The number of hydrogen-bond donors (Lipinski definition) is 2. The molecule has 112 valence electrons. The molecule has 0 saturated heterocycles. The molecular formula is C15H23FN2OS. The first-order valence-corrected chi connectivity index (χ1v) is 8.16. The molecule has 2 N–H and O–H groups in total. The Balaban J connectivity index is 2.69. The summed E-state index contributed by atoms with van der Waals surface area (Å²) in [7, 11) is 0. The van der Waals surface area contributed by atoms with Gasteiger partial charge in [-0.1, -0.05) is 13.0 Å². The Labute approximate surface area is 124 Å². The zero-order chi connectivity index (χ0) is 15.0. The minimum Gasteiger partial charge on any atom is -0.382 e. The molecule has 0 aromatic heterocycles. The summed E-state index contributed by atoms with van der Waals surface area (Å²) in [6.45, 7) is 6.53. The smallest absolute Gasteiger partial charge is 0.253 e. The Morgan fingerprint density at radius 2 is 2.15 bits per heavy atom. The molecule has 0 bridgehead atoms. The maximum Gasteiger partial charge on any atom is 0.253 e. The minimum atomic E-state index is -0.395. The van der Waals surface area contributed by atoms with Crippen LogP contribution < -0.4 is 10.6 Å². The van der Waals surface area contributed by atoms with Crippen LogP contribution in [0.3, 0.4) is 0 Å². The predicted molar refractivity (Wildman–Crippen MR) is 85.1 cm³/mol. The summed E-state index contributed by atoms with van der Waals surface area (Å²) in [6, 6.07) is 4.64. The Morgan fingerprint density at radius 3 is 2.80 bits per heavy atom. The third kappa shape index (κ3) is 5.04. The monoisotopic (exact) mass is 298 g/mol. The molecule has 0 heterocycles. The van der Waals surface area contributed by atoms with Gasteiger partial charge in [-0.2, -0.15) is 11.8 Å². The standard InChI is InChI=1S/C15H23FN2OS/c1-4-17-14-12(7-6-8-13(14)16)15(19)18-11(3)9-10-20-5-2/h6-8,11,17H,4-5,9-10H2,1-3H3,(H,18,19). The van der Waals surface area contributed by atoms with Crippen LogP contribution in [0.1, 0.15) is 37.6 Å². The normalized spacial score (nSPS) is 12.0. The summed E-state index contributed by atoms with van der Waals surface area (Å²) in [6.07, 6.45) is 0.913.